The minimum absolute atomic E-state index is 0.606. The Kier molecular flexibility index (Phi) is 6.18. The summed E-state index contributed by atoms with van der Waals surface area (Å²) in [5, 5.41) is 4.49. The second-order valence-electron chi connectivity index (χ2n) is 4.56. The molecule has 0 aliphatic heterocycles. The minimum Gasteiger partial charge on any atom is -0.375 e. The van der Waals surface area contributed by atoms with E-state index in [-0.39, 0.29) is 0 Å². The molecule has 1 N–H and O–H groups in total. The van der Waals surface area contributed by atoms with Crippen molar-refractivity contribution in [2.75, 3.05) is 13.2 Å². The molecule has 0 fully saturated rings. The van der Waals surface area contributed by atoms with Gasteiger partial charge in [0.25, 0.3) is 0 Å². The molecule has 0 bridgehead atoms. The average molecular weight is 290 g/mol. The van der Waals surface area contributed by atoms with E-state index < -0.39 is 0 Å². The SMILES string of the molecule is CCCNCc1nc(COCC)sc1-c1ccccc1. The lowest BCUT2D eigenvalue weighted by Gasteiger charge is -2.03. The third-order valence-corrected chi connectivity index (χ3v) is 4.05. The molecule has 0 aliphatic rings. The van der Waals surface area contributed by atoms with Gasteiger partial charge in [-0.2, -0.15) is 0 Å². The lowest BCUT2D eigenvalue weighted by Crippen LogP contribution is -2.14. The van der Waals surface area contributed by atoms with Crippen molar-refractivity contribution in [1.29, 1.82) is 0 Å². The first-order valence-electron chi connectivity index (χ1n) is 7.17. The van der Waals surface area contributed by atoms with Crippen molar-refractivity contribution >= 4 is 11.3 Å². The number of nitrogens with one attached hydrogen (secondary N) is 1. The van der Waals surface area contributed by atoms with Gasteiger partial charge < -0.3 is 10.1 Å². The summed E-state index contributed by atoms with van der Waals surface area (Å²) in [5.41, 5.74) is 2.37. The number of rotatable bonds is 8. The summed E-state index contributed by atoms with van der Waals surface area (Å²) >= 11 is 1.73. The Morgan fingerprint density at radius 2 is 2.00 bits per heavy atom. The van der Waals surface area contributed by atoms with E-state index in [4.69, 9.17) is 9.72 Å². The van der Waals surface area contributed by atoms with Crippen LogP contribution in [0.4, 0.5) is 0 Å². The van der Waals surface area contributed by atoms with Gasteiger partial charge in [0.2, 0.25) is 0 Å². The van der Waals surface area contributed by atoms with E-state index in [1.165, 1.54) is 10.4 Å². The normalized spacial score (nSPS) is 10.9. The van der Waals surface area contributed by atoms with Gasteiger partial charge in [-0.15, -0.1) is 11.3 Å². The molecular formula is C16H22N2OS. The number of aromatic nitrogens is 1. The summed E-state index contributed by atoms with van der Waals surface area (Å²) in [6.07, 6.45) is 1.14. The predicted octanol–water partition coefficient (Wildman–Crippen LogP) is 3.85. The van der Waals surface area contributed by atoms with Crippen molar-refractivity contribution in [2.24, 2.45) is 0 Å². The lowest BCUT2D eigenvalue weighted by molar-refractivity contribution is 0.133. The molecule has 2 rings (SSSR count). The van der Waals surface area contributed by atoms with Crippen molar-refractivity contribution in [3.05, 3.63) is 41.0 Å². The average Bonchev–Trinajstić information content (AvgIpc) is 2.89. The first-order chi connectivity index (χ1) is 9.85. The molecule has 3 nitrogen and oxygen atoms in total. The predicted molar refractivity (Wildman–Crippen MR) is 84.9 cm³/mol. The van der Waals surface area contributed by atoms with Crippen LogP contribution in [0.25, 0.3) is 10.4 Å². The number of benzene rings is 1. The maximum absolute atomic E-state index is 5.48. The van der Waals surface area contributed by atoms with Crippen LogP contribution in [-0.4, -0.2) is 18.1 Å². The highest BCUT2D eigenvalue weighted by Crippen LogP contribution is 2.30. The van der Waals surface area contributed by atoms with Crippen LogP contribution < -0.4 is 5.32 Å². The standard InChI is InChI=1S/C16H22N2OS/c1-3-10-17-11-14-16(13-8-6-5-7-9-13)20-15(18-14)12-19-4-2/h5-9,17H,3-4,10-12H2,1-2H3. The highest BCUT2D eigenvalue weighted by molar-refractivity contribution is 7.15. The lowest BCUT2D eigenvalue weighted by atomic mass is 10.1. The van der Waals surface area contributed by atoms with E-state index in [2.05, 4.69) is 36.5 Å². The van der Waals surface area contributed by atoms with E-state index in [1.807, 2.05) is 13.0 Å². The number of ether oxygens (including phenoxy) is 1. The summed E-state index contributed by atoms with van der Waals surface area (Å²) < 4.78 is 5.48. The van der Waals surface area contributed by atoms with E-state index >= 15 is 0 Å². The Labute approximate surface area is 125 Å². The summed E-state index contributed by atoms with van der Waals surface area (Å²) in [6.45, 7) is 7.35. The van der Waals surface area contributed by atoms with Gasteiger partial charge in [-0.1, -0.05) is 37.3 Å². The molecule has 1 aromatic heterocycles. The van der Waals surface area contributed by atoms with Crippen molar-refractivity contribution in [3.8, 4) is 10.4 Å². The quantitative estimate of drug-likeness (QED) is 0.750. The molecule has 2 aromatic rings. The van der Waals surface area contributed by atoms with Gasteiger partial charge in [-0.05, 0) is 25.5 Å². The Hall–Kier alpha value is -1.23. The number of nitrogens with zero attached hydrogens (tertiary/aromatic N) is 1. The molecule has 0 saturated carbocycles. The van der Waals surface area contributed by atoms with Gasteiger partial charge >= 0.3 is 0 Å². The molecule has 0 amide bonds. The summed E-state index contributed by atoms with van der Waals surface area (Å²) in [7, 11) is 0. The van der Waals surface area contributed by atoms with Crippen LogP contribution in [0.2, 0.25) is 0 Å². The summed E-state index contributed by atoms with van der Waals surface area (Å²) in [6, 6.07) is 10.5. The van der Waals surface area contributed by atoms with E-state index in [1.54, 1.807) is 11.3 Å². The van der Waals surface area contributed by atoms with Crippen molar-refractivity contribution in [2.45, 2.75) is 33.4 Å². The molecule has 1 aromatic carbocycles. The Morgan fingerprint density at radius 1 is 1.20 bits per heavy atom. The van der Waals surface area contributed by atoms with Crippen LogP contribution in [0.3, 0.4) is 0 Å². The molecule has 0 saturated heterocycles. The Balaban J connectivity index is 2.20. The topological polar surface area (TPSA) is 34.2 Å². The minimum atomic E-state index is 0.606. The molecule has 0 spiro atoms. The number of hydrogen-bond donors (Lipinski definition) is 1. The molecule has 1 heterocycles. The molecule has 4 heteroatoms. The zero-order valence-electron chi connectivity index (χ0n) is 12.2. The molecule has 0 unspecified atom stereocenters. The zero-order chi connectivity index (χ0) is 14.2. The van der Waals surface area contributed by atoms with Crippen LogP contribution in [-0.2, 0) is 17.9 Å². The third-order valence-electron chi connectivity index (χ3n) is 2.93. The van der Waals surface area contributed by atoms with E-state index in [0.29, 0.717) is 6.61 Å². The fourth-order valence-electron chi connectivity index (χ4n) is 1.97. The van der Waals surface area contributed by atoms with Gasteiger partial charge in [0.15, 0.2) is 0 Å². The highest BCUT2D eigenvalue weighted by atomic mass is 32.1. The van der Waals surface area contributed by atoms with Gasteiger partial charge in [0, 0.05) is 13.2 Å². The van der Waals surface area contributed by atoms with Gasteiger partial charge in [-0.3, -0.25) is 0 Å². The fraction of sp³-hybridized carbons (Fsp3) is 0.438. The maximum Gasteiger partial charge on any atom is 0.119 e. The molecule has 0 atom stereocenters. The molecule has 0 aliphatic carbocycles. The molecule has 0 radical (unpaired) electrons. The van der Waals surface area contributed by atoms with Gasteiger partial charge in [0.1, 0.15) is 5.01 Å². The van der Waals surface area contributed by atoms with E-state index in [0.717, 1.165) is 36.8 Å². The smallest absolute Gasteiger partial charge is 0.119 e. The van der Waals surface area contributed by atoms with Crippen molar-refractivity contribution in [1.82, 2.24) is 10.3 Å². The van der Waals surface area contributed by atoms with Crippen LogP contribution in [0.15, 0.2) is 30.3 Å². The maximum atomic E-state index is 5.48. The van der Waals surface area contributed by atoms with E-state index in [9.17, 15) is 0 Å². The second-order valence-corrected chi connectivity index (χ2v) is 5.65. The summed E-state index contributed by atoms with van der Waals surface area (Å²) in [4.78, 5) is 5.98. The largest absolute Gasteiger partial charge is 0.375 e. The van der Waals surface area contributed by atoms with Crippen LogP contribution in [0, 0.1) is 0 Å². The zero-order valence-corrected chi connectivity index (χ0v) is 13.0. The fourth-order valence-corrected chi connectivity index (χ4v) is 2.99. The third kappa shape index (κ3) is 4.13. The highest BCUT2D eigenvalue weighted by Gasteiger charge is 2.12. The van der Waals surface area contributed by atoms with Crippen LogP contribution in [0.5, 0.6) is 0 Å². The van der Waals surface area contributed by atoms with Crippen molar-refractivity contribution < 1.29 is 4.74 Å². The first kappa shape index (κ1) is 15.2. The monoisotopic (exact) mass is 290 g/mol. The van der Waals surface area contributed by atoms with Gasteiger partial charge in [0.05, 0.1) is 17.2 Å². The number of hydrogen-bond acceptors (Lipinski definition) is 4. The molecule has 108 valence electrons. The number of thiazole rings is 1. The Bertz CT molecular complexity index is 510. The van der Waals surface area contributed by atoms with Crippen LogP contribution in [0.1, 0.15) is 31.0 Å². The van der Waals surface area contributed by atoms with Gasteiger partial charge in [-0.25, -0.2) is 4.98 Å². The molecule has 20 heavy (non-hydrogen) atoms. The summed E-state index contributed by atoms with van der Waals surface area (Å²) in [5.74, 6) is 0. The first-order valence-corrected chi connectivity index (χ1v) is 7.99. The van der Waals surface area contributed by atoms with Crippen molar-refractivity contribution in [3.63, 3.8) is 0 Å². The Morgan fingerprint density at radius 3 is 2.70 bits per heavy atom. The van der Waals surface area contributed by atoms with Crippen LogP contribution >= 0.6 is 11.3 Å². The second kappa shape index (κ2) is 8.15. The molecular weight excluding hydrogens is 268 g/mol.